The zero-order valence-electron chi connectivity index (χ0n) is 24.3. The van der Waals surface area contributed by atoms with E-state index >= 15 is 0 Å². The molecule has 1 aliphatic rings. The zero-order chi connectivity index (χ0) is 29.5. The lowest BCUT2D eigenvalue weighted by molar-refractivity contribution is -0.179. The van der Waals surface area contributed by atoms with Crippen molar-refractivity contribution in [3.05, 3.63) is 114 Å². The smallest absolute Gasteiger partial charge is 0.427 e. The number of piperidine rings is 1. The summed E-state index contributed by atoms with van der Waals surface area (Å²) < 4.78 is 17.3. The molecule has 4 aromatic carbocycles. The molecule has 7 heteroatoms. The summed E-state index contributed by atoms with van der Waals surface area (Å²) in [4.78, 5) is 30.3. The highest BCUT2D eigenvalue weighted by Gasteiger charge is 2.34. The monoisotopic (exact) mass is 567 g/mol. The fraction of sp³-hybridized carbons (Fsp3) is 0.314. The molecule has 0 aromatic heterocycles. The second-order valence-corrected chi connectivity index (χ2v) is 11.6. The molecular weight excluding hydrogens is 530 g/mol. The van der Waals surface area contributed by atoms with Gasteiger partial charge in [0.1, 0.15) is 11.4 Å². The first-order chi connectivity index (χ1) is 20.2. The molecule has 0 saturated carbocycles. The Balaban J connectivity index is 1.27. The molecule has 2 atom stereocenters. The van der Waals surface area contributed by atoms with Crippen molar-refractivity contribution in [2.75, 3.05) is 13.1 Å². The van der Waals surface area contributed by atoms with Crippen molar-refractivity contribution >= 4 is 22.9 Å². The standard InChI is InChI=1S/C35H37NO6/c1-35(2,3)41-34(38)42-36-20-19-31(32(23-36)39-24-26-15-16-27-9-7-8-10-29(27)21-26)28-17-13-25(14-18-28)22-33(37)40-30-11-5-4-6-12-30/h4-18,21,31-32H,19-20,22-24H2,1-3H3. The Labute approximate surface area is 246 Å². The summed E-state index contributed by atoms with van der Waals surface area (Å²) in [7, 11) is 0. The van der Waals surface area contributed by atoms with E-state index in [1.54, 1.807) is 38.0 Å². The van der Waals surface area contributed by atoms with E-state index in [0.29, 0.717) is 25.4 Å². The van der Waals surface area contributed by atoms with Crippen molar-refractivity contribution in [2.24, 2.45) is 0 Å². The normalized spacial score (nSPS) is 17.5. The van der Waals surface area contributed by atoms with Crippen LogP contribution in [0.15, 0.2) is 97.1 Å². The van der Waals surface area contributed by atoms with Crippen LogP contribution in [0.2, 0.25) is 0 Å². The number of nitrogens with zero attached hydrogens (tertiary/aromatic N) is 1. The molecule has 0 spiro atoms. The third-order valence-electron chi connectivity index (χ3n) is 7.12. The van der Waals surface area contributed by atoms with Crippen molar-refractivity contribution in [3.63, 3.8) is 0 Å². The first-order valence-electron chi connectivity index (χ1n) is 14.3. The highest BCUT2D eigenvalue weighted by molar-refractivity contribution is 5.83. The Hall–Kier alpha value is -4.20. The van der Waals surface area contributed by atoms with E-state index in [1.165, 1.54) is 5.39 Å². The van der Waals surface area contributed by atoms with Crippen LogP contribution < -0.4 is 4.74 Å². The average Bonchev–Trinajstić information content (AvgIpc) is 2.96. The number of para-hydroxylation sites is 1. The number of esters is 1. The molecule has 1 heterocycles. The van der Waals surface area contributed by atoms with Crippen molar-refractivity contribution in [2.45, 2.75) is 57.8 Å². The van der Waals surface area contributed by atoms with Crippen molar-refractivity contribution < 1.29 is 28.6 Å². The molecule has 1 aliphatic heterocycles. The number of carbonyl (C=O) groups excluding carboxylic acids is 2. The Morgan fingerprint density at radius 3 is 2.26 bits per heavy atom. The highest BCUT2D eigenvalue weighted by atomic mass is 16.8. The molecule has 218 valence electrons. The SMILES string of the molecule is CC(C)(C)OC(=O)ON1CCC(c2ccc(CC(=O)Oc3ccccc3)cc2)C(OCc2ccc3ccccc3c2)C1. The van der Waals surface area contributed by atoms with Gasteiger partial charge in [-0.2, -0.15) is 0 Å². The fourth-order valence-corrected chi connectivity index (χ4v) is 5.13. The third kappa shape index (κ3) is 8.18. The van der Waals surface area contributed by atoms with Gasteiger partial charge in [-0.25, -0.2) is 4.79 Å². The van der Waals surface area contributed by atoms with Gasteiger partial charge in [0.25, 0.3) is 0 Å². The average molecular weight is 568 g/mol. The predicted molar refractivity (Wildman–Crippen MR) is 161 cm³/mol. The van der Waals surface area contributed by atoms with Crippen LogP contribution in [-0.2, 0) is 32.1 Å². The van der Waals surface area contributed by atoms with Crippen LogP contribution in [0.25, 0.3) is 10.8 Å². The number of fused-ring (bicyclic) bond motifs is 1. The highest BCUT2D eigenvalue weighted by Crippen LogP contribution is 2.32. The summed E-state index contributed by atoms with van der Waals surface area (Å²) in [6.07, 6.45) is -0.0534. The van der Waals surface area contributed by atoms with Gasteiger partial charge in [-0.15, -0.1) is 5.06 Å². The van der Waals surface area contributed by atoms with Crippen LogP contribution in [0.3, 0.4) is 0 Å². The molecule has 0 N–H and O–H groups in total. The van der Waals surface area contributed by atoms with Crippen LogP contribution in [0, 0.1) is 0 Å². The van der Waals surface area contributed by atoms with Gasteiger partial charge >= 0.3 is 12.1 Å². The predicted octanol–water partition coefficient (Wildman–Crippen LogP) is 7.23. The van der Waals surface area contributed by atoms with Crippen molar-refractivity contribution in [1.82, 2.24) is 5.06 Å². The number of hydrogen-bond donors (Lipinski definition) is 0. The van der Waals surface area contributed by atoms with E-state index in [1.807, 2.05) is 54.6 Å². The molecule has 2 unspecified atom stereocenters. The minimum Gasteiger partial charge on any atom is -0.427 e. The molecule has 0 aliphatic carbocycles. The van der Waals surface area contributed by atoms with E-state index in [4.69, 9.17) is 19.0 Å². The molecule has 4 aromatic rings. The maximum atomic E-state index is 12.4. The van der Waals surface area contributed by atoms with Gasteiger partial charge in [-0.3, -0.25) is 4.79 Å². The Bertz CT molecular complexity index is 1500. The second kappa shape index (κ2) is 13.2. The van der Waals surface area contributed by atoms with Crippen molar-refractivity contribution in [1.29, 1.82) is 0 Å². The Morgan fingerprint density at radius 1 is 0.833 bits per heavy atom. The van der Waals surface area contributed by atoms with Crippen LogP contribution in [0.5, 0.6) is 5.75 Å². The minimum atomic E-state index is -0.721. The summed E-state index contributed by atoms with van der Waals surface area (Å²) >= 11 is 0. The van der Waals surface area contributed by atoms with Crippen LogP contribution in [0.4, 0.5) is 4.79 Å². The van der Waals surface area contributed by atoms with Gasteiger partial charge in [-0.05, 0) is 72.9 Å². The maximum absolute atomic E-state index is 12.4. The number of benzene rings is 4. The quantitative estimate of drug-likeness (QED) is 0.164. The summed E-state index contributed by atoms with van der Waals surface area (Å²) in [6, 6.07) is 31.7. The summed E-state index contributed by atoms with van der Waals surface area (Å²) in [6.45, 7) is 6.80. The van der Waals surface area contributed by atoms with E-state index in [2.05, 4.69) is 30.3 Å². The lowest BCUT2D eigenvalue weighted by Gasteiger charge is -2.37. The molecule has 0 amide bonds. The number of hydroxylamine groups is 2. The molecule has 42 heavy (non-hydrogen) atoms. The van der Waals surface area contributed by atoms with E-state index < -0.39 is 11.8 Å². The number of ether oxygens (including phenoxy) is 3. The Kier molecular flexibility index (Phi) is 9.20. The molecule has 7 nitrogen and oxygen atoms in total. The van der Waals surface area contributed by atoms with Gasteiger partial charge in [0.2, 0.25) is 0 Å². The van der Waals surface area contributed by atoms with Gasteiger partial charge in [0, 0.05) is 12.5 Å². The molecule has 1 saturated heterocycles. The fourth-order valence-electron chi connectivity index (χ4n) is 5.13. The summed E-state index contributed by atoms with van der Waals surface area (Å²) in [5, 5.41) is 3.97. The van der Waals surface area contributed by atoms with Crippen LogP contribution >= 0.6 is 0 Å². The lowest BCUT2D eigenvalue weighted by Crippen LogP contribution is -2.45. The second-order valence-electron chi connectivity index (χ2n) is 11.6. The lowest BCUT2D eigenvalue weighted by atomic mass is 9.87. The van der Waals surface area contributed by atoms with Gasteiger partial charge < -0.3 is 19.0 Å². The third-order valence-corrected chi connectivity index (χ3v) is 7.12. The first-order valence-corrected chi connectivity index (χ1v) is 14.3. The van der Waals surface area contributed by atoms with E-state index in [9.17, 15) is 9.59 Å². The van der Waals surface area contributed by atoms with E-state index in [-0.39, 0.29) is 24.4 Å². The summed E-state index contributed by atoms with van der Waals surface area (Å²) in [5.74, 6) is 0.304. The van der Waals surface area contributed by atoms with E-state index in [0.717, 1.165) is 28.5 Å². The molecule has 0 radical (unpaired) electrons. The number of hydrogen-bond acceptors (Lipinski definition) is 7. The number of carbonyl (C=O) groups is 2. The van der Waals surface area contributed by atoms with Crippen LogP contribution in [0.1, 0.15) is 49.8 Å². The Morgan fingerprint density at radius 2 is 1.52 bits per heavy atom. The molecule has 5 rings (SSSR count). The van der Waals surface area contributed by atoms with Gasteiger partial charge in [-0.1, -0.05) is 78.9 Å². The largest absolute Gasteiger partial charge is 0.528 e. The zero-order valence-corrected chi connectivity index (χ0v) is 24.3. The molecular formula is C35H37NO6. The van der Waals surface area contributed by atoms with Gasteiger partial charge in [0.15, 0.2) is 0 Å². The van der Waals surface area contributed by atoms with Gasteiger partial charge in [0.05, 0.1) is 25.7 Å². The maximum Gasteiger partial charge on any atom is 0.528 e. The number of rotatable bonds is 8. The summed E-state index contributed by atoms with van der Waals surface area (Å²) in [5.41, 5.74) is 2.41. The topological polar surface area (TPSA) is 74.3 Å². The molecule has 0 bridgehead atoms. The molecule has 1 fully saturated rings. The first kappa shape index (κ1) is 29.3. The van der Waals surface area contributed by atoms with Crippen LogP contribution in [-0.4, -0.2) is 42.0 Å². The van der Waals surface area contributed by atoms with Crippen molar-refractivity contribution in [3.8, 4) is 5.75 Å². The minimum absolute atomic E-state index is 0.0780.